The number of nitriles is 1. The molecule has 2 amide bonds. The smallest absolute Gasteiger partial charge is 0.329 e. The van der Waals surface area contributed by atoms with Gasteiger partial charge in [0.1, 0.15) is 12.1 Å². The second-order valence-electron chi connectivity index (χ2n) is 6.83. The number of carbonyl (C=O) groups excluding carboxylic acids is 3. The van der Waals surface area contributed by atoms with Crippen LogP contribution in [0.4, 0.5) is 5.69 Å². The van der Waals surface area contributed by atoms with Crippen LogP contribution in [0, 0.1) is 17.2 Å². The molecule has 2 aromatic carbocycles. The zero-order valence-corrected chi connectivity index (χ0v) is 16.3. The first-order valence-corrected chi connectivity index (χ1v) is 9.22. The normalized spacial score (nSPS) is 11.2. The number of hydrogen-bond donors (Lipinski definition) is 2. The van der Waals surface area contributed by atoms with E-state index in [0.717, 1.165) is 0 Å². The van der Waals surface area contributed by atoms with Gasteiger partial charge in [-0.1, -0.05) is 44.2 Å². The van der Waals surface area contributed by atoms with Crippen LogP contribution in [0.15, 0.2) is 54.6 Å². The third-order valence-corrected chi connectivity index (χ3v) is 4.00. The highest BCUT2D eigenvalue weighted by molar-refractivity contribution is 5.97. The minimum absolute atomic E-state index is 0.125. The van der Waals surface area contributed by atoms with Crippen LogP contribution in [-0.4, -0.2) is 30.4 Å². The molecule has 1 atom stereocenters. The highest BCUT2D eigenvalue weighted by Gasteiger charge is 2.24. The van der Waals surface area contributed by atoms with Gasteiger partial charge in [-0.05, 0) is 36.6 Å². The maximum absolute atomic E-state index is 12.5. The molecule has 29 heavy (non-hydrogen) atoms. The Labute approximate surface area is 169 Å². The molecular formula is C22H23N3O4. The van der Waals surface area contributed by atoms with Crippen LogP contribution < -0.4 is 10.6 Å². The van der Waals surface area contributed by atoms with E-state index in [1.807, 2.05) is 19.9 Å². The average molecular weight is 393 g/mol. The summed E-state index contributed by atoms with van der Waals surface area (Å²) in [5.74, 6) is -1.52. The first-order valence-electron chi connectivity index (χ1n) is 9.22. The van der Waals surface area contributed by atoms with Crippen LogP contribution in [0.1, 0.15) is 36.2 Å². The van der Waals surface area contributed by atoms with E-state index in [9.17, 15) is 14.4 Å². The first kappa shape index (κ1) is 21.6. The summed E-state index contributed by atoms with van der Waals surface area (Å²) < 4.78 is 5.10. The number of hydrogen-bond acceptors (Lipinski definition) is 5. The van der Waals surface area contributed by atoms with E-state index in [0.29, 0.717) is 23.2 Å². The molecule has 0 heterocycles. The third kappa shape index (κ3) is 6.78. The molecule has 0 bridgehead atoms. The van der Waals surface area contributed by atoms with Crippen LogP contribution >= 0.6 is 0 Å². The number of anilines is 1. The second kappa shape index (κ2) is 10.6. The standard InChI is InChI=1S/C22H23N3O4/c1-15(2)12-19(25-21(27)16-8-4-3-5-9-16)22(28)29-14-20(26)24-18-11-7-6-10-17(18)13-23/h3-11,15,19H,12,14H2,1-2H3,(H,24,26)(H,25,27). The Morgan fingerprint density at radius 3 is 2.34 bits per heavy atom. The number of carbonyl (C=O) groups is 3. The van der Waals surface area contributed by atoms with Crippen molar-refractivity contribution >= 4 is 23.5 Å². The fourth-order valence-corrected chi connectivity index (χ4v) is 2.63. The molecular weight excluding hydrogens is 370 g/mol. The molecule has 0 saturated heterocycles. The Balaban J connectivity index is 1.96. The number of para-hydroxylation sites is 1. The molecule has 2 N–H and O–H groups in total. The van der Waals surface area contributed by atoms with Crippen molar-refractivity contribution in [1.29, 1.82) is 5.26 Å². The largest absolute Gasteiger partial charge is 0.454 e. The number of amides is 2. The molecule has 0 aromatic heterocycles. The lowest BCUT2D eigenvalue weighted by Crippen LogP contribution is -2.43. The van der Waals surface area contributed by atoms with Gasteiger partial charge >= 0.3 is 5.97 Å². The van der Waals surface area contributed by atoms with Crippen molar-refractivity contribution < 1.29 is 19.1 Å². The molecule has 0 saturated carbocycles. The Morgan fingerprint density at radius 2 is 1.69 bits per heavy atom. The molecule has 0 radical (unpaired) electrons. The summed E-state index contributed by atoms with van der Waals surface area (Å²) in [7, 11) is 0. The summed E-state index contributed by atoms with van der Waals surface area (Å²) in [6, 6.07) is 16.2. The fraction of sp³-hybridized carbons (Fsp3) is 0.273. The summed E-state index contributed by atoms with van der Waals surface area (Å²) in [4.78, 5) is 36.9. The molecule has 7 heteroatoms. The summed E-state index contributed by atoms with van der Waals surface area (Å²) >= 11 is 0. The minimum atomic E-state index is -0.873. The number of esters is 1. The molecule has 0 aliphatic heterocycles. The van der Waals surface area contributed by atoms with Crippen LogP contribution in [0.25, 0.3) is 0 Å². The number of ether oxygens (including phenoxy) is 1. The van der Waals surface area contributed by atoms with Gasteiger partial charge in [0, 0.05) is 5.56 Å². The fourth-order valence-electron chi connectivity index (χ4n) is 2.63. The van der Waals surface area contributed by atoms with Gasteiger partial charge in [0.25, 0.3) is 11.8 Å². The van der Waals surface area contributed by atoms with Gasteiger partial charge in [-0.2, -0.15) is 5.26 Å². The molecule has 0 aliphatic rings. The molecule has 150 valence electrons. The predicted molar refractivity (Wildman–Crippen MR) is 108 cm³/mol. The van der Waals surface area contributed by atoms with E-state index >= 15 is 0 Å². The Morgan fingerprint density at radius 1 is 1.03 bits per heavy atom. The van der Waals surface area contributed by atoms with Gasteiger partial charge < -0.3 is 15.4 Å². The lowest BCUT2D eigenvalue weighted by atomic mass is 10.0. The van der Waals surface area contributed by atoms with E-state index in [1.54, 1.807) is 54.6 Å². The lowest BCUT2D eigenvalue weighted by molar-refractivity contribution is -0.149. The summed E-state index contributed by atoms with van der Waals surface area (Å²) in [5, 5.41) is 14.3. The van der Waals surface area contributed by atoms with Crippen molar-refractivity contribution in [2.45, 2.75) is 26.3 Å². The highest BCUT2D eigenvalue weighted by atomic mass is 16.5. The maximum atomic E-state index is 12.5. The third-order valence-electron chi connectivity index (χ3n) is 4.00. The van der Waals surface area contributed by atoms with Crippen molar-refractivity contribution in [2.75, 3.05) is 11.9 Å². The molecule has 1 unspecified atom stereocenters. The number of nitrogens with one attached hydrogen (secondary N) is 2. The van der Waals surface area contributed by atoms with Gasteiger partial charge in [0.05, 0.1) is 11.3 Å². The van der Waals surface area contributed by atoms with E-state index in [4.69, 9.17) is 10.00 Å². The number of benzene rings is 2. The van der Waals surface area contributed by atoms with E-state index < -0.39 is 24.5 Å². The molecule has 0 aliphatic carbocycles. The first-order chi connectivity index (χ1) is 13.9. The maximum Gasteiger partial charge on any atom is 0.329 e. The van der Waals surface area contributed by atoms with Crippen LogP contribution in [0.2, 0.25) is 0 Å². The second-order valence-corrected chi connectivity index (χ2v) is 6.83. The summed E-state index contributed by atoms with van der Waals surface area (Å²) in [6.45, 7) is 3.31. The quantitative estimate of drug-likeness (QED) is 0.671. The minimum Gasteiger partial charge on any atom is -0.454 e. The van der Waals surface area contributed by atoms with E-state index in [-0.39, 0.29) is 11.8 Å². The molecule has 0 fully saturated rings. The molecule has 2 aromatic rings. The Kier molecular flexibility index (Phi) is 7.92. The van der Waals surface area contributed by atoms with Gasteiger partial charge in [-0.25, -0.2) is 4.79 Å². The van der Waals surface area contributed by atoms with Gasteiger partial charge in [-0.3, -0.25) is 9.59 Å². The SMILES string of the molecule is CC(C)CC(NC(=O)c1ccccc1)C(=O)OCC(=O)Nc1ccccc1C#N. The van der Waals surface area contributed by atoms with Crippen LogP contribution in [0.5, 0.6) is 0 Å². The van der Waals surface area contributed by atoms with Crippen LogP contribution in [-0.2, 0) is 14.3 Å². The average Bonchev–Trinajstić information content (AvgIpc) is 2.72. The molecule has 7 nitrogen and oxygen atoms in total. The van der Waals surface area contributed by atoms with Crippen LogP contribution in [0.3, 0.4) is 0 Å². The summed E-state index contributed by atoms with van der Waals surface area (Å²) in [5.41, 5.74) is 1.08. The zero-order valence-electron chi connectivity index (χ0n) is 16.3. The topological polar surface area (TPSA) is 108 Å². The van der Waals surface area contributed by atoms with Crippen molar-refractivity contribution in [1.82, 2.24) is 5.32 Å². The van der Waals surface area contributed by atoms with Crippen molar-refractivity contribution in [3.8, 4) is 6.07 Å². The van der Waals surface area contributed by atoms with Crippen molar-refractivity contribution in [3.05, 3.63) is 65.7 Å². The predicted octanol–water partition coefficient (Wildman–Crippen LogP) is 2.88. The van der Waals surface area contributed by atoms with Gasteiger partial charge in [0.15, 0.2) is 6.61 Å². The summed E-state index contributed by atoms with van der Waals surface area (Å²) in [6.07, 6.45) is 0.371. The van der Waals surface area contributed by atoms with E-state index in [1.165, 1.54) is 0 Å². The zero-order chi connectivity index (χ0) is 21.2. The number of nitrogens with zero attached hydrogens (tertiary/aromatic N) is 1. The highest BCUT2D eigenvalue weighted by Crippen LogP contribution is 2.13. The lowest BCUT2D eigenvalue weighted by Gasteiger charge is -2.19. The Hall–Kier alpha value is -3.66. The van der Waals surface area contributed by atoms with Crippen molar-refractivity contribution in [3.63, 3.8) is 0 Å². The van der Waals surface area contributed by atoms with E-state index in [2.05, 4.69) is 10.6 Å². The molecule has 2 rings (SSSR count). The Bertz CT molecular complexity index is 904. The number of rotatable bonds is 8. The van der Waals surface area contributed by atoms with Gasteiger partial charge in [0.2, 0.25) is 0 Å². The monoisotopic (exact) mass is 393 g/mol. The van der Waals surface area contributed by atoms with Gasteiger partial charge in [-0.15, -0.1) is 0 Å². The van der Waals surface area contributed by atoms with Crippen molar-refractivity contribution in [2.24, 2.45) is 5.92 Å². The molecule has 0 spiro atoms.